The van der Waals surface area contributed by atoms with Gasteiger partial charge in [-0.25, -0.2) is 4.99 Å². The molecule has 2 aromatic rings. The van der Waals surface area contributed by atoms with Crippen LogP contribution in [0, 0.1) is 0 Å². The van der Waals surface area contributed by atoms with Gasteiger partial charge in [0.25, 0.3) is 0 Å². The summed E-state index contributed by atoms with van der Waals surface area (Å²) < 4.78 is 7.85. The Morgan fingerprint density at radius 2 is 1.97 bits per heavy atom. The highest BCUT2D eigenvalue weighted by Crippen LogP contribution is 2.22. The molecule has 3 heterocycles. The summed E-state index contributed by atoms with van der Waals surface area (Å²) >= 11 is 0. The van der Waals surface area contributed by atoms with E-state index in [0.717, 1.165) is 37.7 Å². The van der Waals surface area contributed by atoms with Crippen molar-refractivity contribution in [3.8, 4) is 0 Å². The quantitative estimate of drug-likeness (QED) is 0.571. The minimum atomic E-state index is 0.0256. The smallest absolute Gasteiger partial charge is 0.194 e. The molecule has 2 saturated heterocycles. The van der Waals surface area contributed by atoms with Crippen LogP contribution in [0.15, 0.2) is 41.7 Å². The van der Waals surface area contributed by atoms with Crippen molar-refractivity contribution < 1.29 is 4.74 Å². The molecule has 0 radical (unpaired) electrons. The number of likely N-dealkylation sites (tertiary alicyclic amines) is 1. The van der Waals surface area contributed by atoms with E-state index in [0.29, 0.717) is 13.2 Å². The molecule has 7 heteroatoms. The molecule has 2 aliphatic rings. The van der Waals surface area contributed by atoms with Gasteiger partial charge in [0.2, 0.25) is 0 Å². The number of nitrogens with zero attached hydrogens (tertiary/aromatic N) is 5. The summed E-state index contributed by atoms with van der Waals surface area (Å²) in [5.41, 5.74) is 3.84. The number of aryl methyl sites for hydroxylation is 1. The van der Waals surface area contributed by atoms with Crippen molar-refractivity contribution >= 4 is 5.96 Å². The van der Waals surface area contributed by atoms with E-state index in [2.05, 4.69) is 51.4 Å². The van der Waals surface area contributed by atoms with Crippen molar-refractivity contribution in [2.45, 2.75) is 45.4 Å². The van der Waals surface area contributed by atoms with Crippen LogP contribution in [0.2, 0.25) is 0 Å². The summed E-state index contributed by atoms with van der Waals surface area (Å²) in [5.74, 6) is 0.965. The topological polar surface area (TPSA) is 57.9 Å². The van der Waals surface area contributed by atoms with Crippen LogP contribution in [0.3, 0.4) is 0 Å². The number of hydrogen-bond acceptors (Lipinski definition) is 4. The first kappa shape index (κ1) is 21.8. The number of nitrogens with one attached hydrogen (secondary N) is 1. The fourth-order valence-corrected chi connectivity index (χ4v) is 4.46. The zero-order valence-corrected chi connectivity index (χ0v) is 19.0. The molecule has 0 aliphatic carbocycles. The highest BCUT2D eigenvalue weighted by Gasteiger charge is 2.25. The molecule has 7 nitrogen and oxygen atoms in total. The Morgan fingerprint density at radius 3 is 2.71 bits per heavy atom. The van der Waals surface area contributed by atoms with Crippen LogP contribution in [0.1, 0.15) is 49.0 Å². The highest BCUT2D eigenvalue weighted by atomic mass is 16.5. The van der Waals surface area contributed by atoms with Crippen molar-refractivity contribution in [3.63, 3.8) is 0 Å². The van der Waals surface area contributed by atoms with E-state index in [4.69, 9.17) is 9.73 Å². The molecule has 0 saturated carbocycles. The van der Waals surface area contributed by atoms with Gasteiger partial charge in [-0.15, -0.1) is 0 Å². The second-order valence-electron chi connectivity index (χ2n) is 8.53. The van der Waals surface area contributed by atoms with E-state index in [9.17, 15) is 0 Å². The highest BCUT2D eigenvalue weighted by molar-refractivity contribution is 5.80. The van der Waals surface area contributed by atoms with Gasteiger partial charge in [-0.05, 0) is 44.0 Å². The number of piperidine rings is 1. The Balaban J connectivity index is 1.45. The lowest BCUT2D eigenvalue weighted by atomic mass is 10.1. The van der Waals surface area contributed by atoms with E-state index in [1.807, 2.05) is 24.1 Å². The normalized spacial score (nSPS) is 20.8. The monoisotopic (exact) mass is 424 g/mol. The van der Waals surface area contributed by atoms with Crippen molar-refractivity contribution in [1.82, 2.24) is 24.9 Å². The lowest BCUT2D eigenvalue weighted by Gasteiger charge is -2.35. The molecule has 0 spiro atoms. The number of benzene rings is 1. The fourth-order valence-electron chi connectivity index (χ4n) is 4.46. The zero-order valence-electron chi connectivity index (χ0n) is 19.0. The molecular weight excluding hydrogens is 388 g/mol. The van der Waals surface area contributed by atoms with Crippen LogP contribution < -0.4 is 5.32 Å². The number of rotatable bonds is 6. The van der Waals surface area contributed by atoms with Crippen LogP contribution in [0.5, 0.6) is 0 Å². The summed E-state index contributed by atoms with van der Waals surface area (Å²) in [7, 11) is 1.94. The largest absolute Gasteiger partial charge is 0.370 e. The summed E-state index contributed by atoms with van der Waals surface area (Å²) in [6.07, 6.45) is 7.97. The number of aliphatic imine (C=N–C) groups is 1. The summed E-state index contributed by atoms with van der Waals surface area (Å²) in [5, 5.41) is 7.79. The second kappa shape index (κ2) is 10.8. The van der Waals surface area contributed by atoms with E-state index in [1.54, 1.807) is 0 Å². The van der Waals surface area contributed by atoms with Crippen molar-refractivity contribution in [3.05, 3.63) is 53.3 Å². The maximum Gasteiger partial charge on any atom is 0.194 e. The summed E-state index contributed by atoms with van der Waals surface area (Å²) in [6, 6.07) is 8.77. The van der Waals surface area contributed by atoms with Gasteiger partial charge < -0.3 is 15.0 Å². The van der Waals surface area contributed by atoms with Gasteiger partial charge in [0, 0.05) is 38.4 Å². The molecule has 2 fully saturated rings. The van der Waals surface area contributed by atoms with Gasteiger partial charge in [-0.1, -0.05) is 30.7 Å². The molecule has 1 atom stereocenters. The predicted octanol–water partition coefficient (Wildman–Crippen LogP) is 2.95. The fraction of sp³-hybridized carbons (Fsp3) is 0.583. The summed E-state index contributed by atoms with van der Waals surface area (Å²) in [4.78, 5) is 9.93. The molecule has 31 heavy (non-hydrogen) atoms. The first-order chi connectivity index (χ1) is 15.2. The van der Waals surface area contributed by atoms with Gasteiger partial charge in [0.15, 0.2) is 5.96 Å². The number of guanidine groups is 1. The molecule has 2 aliphatic heterocycles. The van der Waals surface area contributed by atoms with Crippen LogP contribution in [0.25, 0.3) is 0 Å². The lowest BCUT2D eigenvalue weighted by molar-refractivity contribution is -0.00805. The van der Waals surface area contributed by atoms with Crippen LogP contribution >= 0.6 is 0 Å². The van der Waals surface area contributed by atoms with E-state index in [-0.39, 0.29) is 6.10 Å². The SMILES string of the molecule is CCNC(=NCc1ccccc1CN1CCCCC1)N1CCOC(c2cnn(C)c2)C1. The Bertz CT molecular complexity index is 857. The Morgan fingerprint density at radius 1 is 1.16 bits per heavy atom. The van der Waals surface area contributed by atoms with Gasteiger partial charge >= 0.3 is 0 Å². The number of hydrogen-bond donors (Lipinski definition) is 1. The maximum absolute atomic E-state index is 6.02. The Kier molecular flexibility index (Phi) is 7.59. The van der Waals surface area contributed by atoms with Crippen molar-refractivity contribution in [2.24, 2.45) is 12.0 Å². The second-order valence-corrected chi connectivity index (χ2v) is 8.53. The van der Waals surface area contributed by atoms with Crippen LogP contribution in [-0.2, 0) is 24.9 Å². The average molecular weight is 425 g/mol. The molecular formula is C24H36N6O. The van der Waals surface area contributed by atoms with Crippen LogP contribution in [-0.4, -0.2) is 64.9 Å². The first-order valence-corrected chi connectivity index (χ1v) is 11.7. The Hall–Kier alpha value is -2.38. The standard InChI is InChI=1S/C24H36N6O/c1-3-25-24(30-13-14-31-23(19-30)22-16-27-28(2)17-22)26-15-20-9-5-6-10-21(20)18-29-11-7-4-8-12-29/h5-6,9-10,16-17,23H,3-4,7-8,11-15,18-19H2,1-2H3,(H,25,26). The minimum absolute atomic E-state index is 0.0256. The molecule has 0 amide bonds. The van der Waals surface area contributed by atoms with Crippen molar-refractivity contribution in [2.75, 3.05) is 39.3 Å². The van der Waals surface area contributed by atoms with Crippen molar-refractivity contribution in [1.29, 1.82) is 0 Å². The third-order valence-corrected chi connectivity index (χ3v) is 6.16. The summed E-state index contributed by atoms with van der Waals surface area (Å²) in [6.45, 7) is 9.44. The average Bonchev–Trinajstić information content (AvgIpc) is 3.25. The van der Waals surface area contributed by atoms with Gasteiger partial charge in [-0.3, -0.25) is 9.58 Å². The van der Waals surface area contributed by atoms with Crippen LogP contribution in [0.4, 0.5) is 0 Å². The molecule has 4 rings (SSSR count). The molecule has 1 aromatic carbocycles. The predicted molar refractivity (Wildman–Crippen MR) is 124 cm³/mol. The maximum atomic E-state index is 6.02. The van der Waals surface area contributed by atoms with Gasteiger partial charge in [0.1, 0.15) is 6.10 Å². The van der Waals surface area contributed by atoms with Gasteiger partial charge in [0.05, 0.1) is 25.9 Å². The zero-order chi connectivity index (χ0) is 21.5. The molecule has 0 bridgehead atoms. The third-order valence-electron chi connectivity index (χ3n) is 6.16. The first-order valence-electron chi connectivity index (χ1n) is 11.7. The van der Waals surface area contributed by atoms with E-state index < -0.39 is 0 Å². The Labute approximate surface area is 186 Å². The number of aromatic nitrogens is 2. The third kappa shape index (κ3) is 5.86. The lowest BCUT2D eigenvalue weighted by Crippen LogP contribution is -2.48. The molecule has 168 valence electrons. The molecule has 1 N–H and O–H groups in total. The molecule has 1 aromatic heterocycles. The van der Waals surface area contributed by atoms with E-state index >= 15 is 0 Å². The van der Waals surface area contributed by atoms with E-state index in [1.165, 1.54) is 43.5 Å². The number of ether oxygens (including phenoxy) is 1. The number of morpholine rings is 1. The molecule has 1 unspecified atom stereocenters. The minimum Gasteiger partial charge on any atom is -0.370 e. The van der Waals surface area contributed by atoms with Gasteiger partial charge in [-0.2, -0.15) is 5.10 Å².